The van der Waals surface area contributed by atoms with Crippen molar-refractivity contribution in [2.75, 3.05) is 19.8 Å². The van der Waals surface area contributed by atoms with E-state index in [1.165, 1.54) is 54.6 Å². The van der Waals surface area contributed by atoms with E-state index in [-0.39, 0.29) is 28.4 Å². The molecular formula is C42H46O23. The molecule has 0 bridgehead atoms. The third kappa shape index (κ3) is 10.0. The summed E-state index contributed by atoms with van der Waals surface area (Å²) >= 11 is 0. The predicted molar refractivity (Wildman–Crippen MR) is 214 cm³/mol. The molecule has 23 nitrogen and oxygen atoms in total. The summed E-state index contributed by atoms with van der Waals surface area (Å²) in [5.74, 6) is -3.03. The van der Waals surface area contributed by atoms with E-state index in [0.717, 1.165) is 18.2 Å². The van der Waals surface area contributed by atoms with Gasteiger partial charge in [-0.15, -0.1) is 0 Å². The van der Waals surface area contributed by atoms with Crippen molar-refractivity contribution in [1.29, 1.82) is 0 Å². The van der Waals surface area contributed by atoms with Gasteiger partial charge in [-0.25, -0.2) is 4.79 Å². The van der Waals surface area contributed by atoms with Crippen LogP contribution in [0.2, 0.25) is 0 Å². The molecule has 1 aromatic heterocycles. The lowest BCUT2D eigenvalue weighted by molar-refractivity contribution is -0.278. The van der Waals surface area contributed by atoms with Gasteiger partial charge in [0, 0.05) is 23.8 Å². The Hall–Kier alpha value is -5.48. The van der Waals surface area contributed by atoms with Gasteiger partial charge >= 0.3 is 5.97 Å². The number of carbonyl (C=O) groups excluding carboxylic acids is 1. The summed E-state index contributed by atoms with van der Waals surface area (Å²) in [7, 11) is 0. The number of phenolic OH excluding ortho intramolecular Hbond substituents is 2. The first kappa shape index (κ1) is 47.5. The molecule has 0 spiro atoms. The van der Waals surface area contributed by atoms with Crippen molar-refractivity contribution in [3.8, 4) is 40.1 Å². The van der Waals surface area contributed by atoms with Crippen LogP contribution in [0.3, 0.4) is 0 Å². The van der Waals surface area contributed by atoms with Crippen LogP contribution in [0.5, 0.6) is 28.7 Å². The Kier molecular flexibility index (Phi) is 14.6. The Morgan fingerprint density at radius 3 is 1.60 bits per heavy atom. The standard InChI is InChI=1S/C42H46O23/c43-13-23-28(48)32(52)35(55)40(62-23)59-19-6-1-16(2-7-19)3-10-26(47)58-15-25-30(50)34(54)37(57)42(64-25)65-39-31(51)27-21(46)11-18(45)12-22(27)61-38(39)17-4-8-20(9-5-17)60-41-36(56)33(53)29(49)24(14-44)63-41/h1-12,23-25,28-30,32-37,40-46,48-50,52-57H,13-15H2/b10-3+/t23?,24?,25?,28-,29-,30-,32?,33?,34?,35?,36?,37?,40+,41+,42-/m0/s1. The van der Waals surface area contributed by atoms with Crippen molar-refractivity contribution in [1.82, 2.24) is 0 Å². The summed E-state index contributed by atoms with van der Waals surface area (Å²) in [6, 6.07) is 13.1. The van der Waals surface area contributed by atoms with Gasteiger partial charge in [-0.1, -0.05) is 12.1 Å². The summed E-state index contributed by atoms with van der Waals surface area (Å²) < 4.78 is 44.6. The van der Waals surface area contributed by atoms with Crippen LogP contribution in [0.25, 0.3) is 28.4 Å². The van der Waals surface area contributed by atoms with Gasteiger partial charge in [0.15, 0.2) is 5.76 Å². The van der Waals surface area contributed by atoms with Crippen molar-refractivity contribution in [2.24, 2.45) is 0 Å². The highest BCUT2D eigenvalue weighted by Crippen LogP contribution is 2.38. The van der Waals surface area contributed by atoms with Gasteiger partial charge in [-0.3, -0.25) is 4.79 Å². The molecule has 0 radical (unpaired) electrons. The Morgan fingerprint density at radius 2 is 1.08 bits per heavy atom. The van der Waals surface area contributed by atoms with E-state index in [9.17, 15) is 76.0 Å². The van der Waals surface area contributed by atoms with Crippen LogP contribution in [-0.2, 0) is 23.7 Å². The number of esters is 1. The fraction of sp³-hybridized carbons (Fsp3) is 0.429. The van der Waals surface area contributed by atoms with Crippen LogP contribution in [0.4, 0.5) is 0 Å². The maximum atomic E-state index is 14.0. The van der Waals surface area contributed by atoms with E-state index >= 15 is 0 Å². The summed E-state index contributed by atoms with van der Waals surface area (Å²) in [6.07, 6.45) is -22.3. The summed E-state index contributed by atoms with van der Waals surface area (Å²) in [5.41, 5.74) is -0.834. The highest BCUT2D eigenvalue weighted by atomic mass is 16.7. The molecule has 352 valence electrons. The molecular weight excluding hydrogens is 872 g/mol. The summed E-state index contributed by atoms with van der Waals surface area (Å²) in [6.45, 7) is -2.06. The number of rotatable bonds is 13. The third-order valence-electron chi connectivity index (χ3n) is 10.8. The lowest BCUT2D eigenvalue weighted by Gasteiger charge is -2.39. The normalized spacial score (nSPS) is 32.9. The zero-order chi connectivity index (χ0) is 46.9. The number of phenols is 2. The number of fused-ring (bicyclic) bond motifs is 1. The number of aliphatic hydroxyl groups is 11. The molecule has 3 aliphatic heterocycles. The quantitative estimate of drug-likeness (QED) is 0.0461. The first-order valence-corrected chi connectivity index (χ1v) is 19.9. The molecule has 13 N–H and O–H groups in total. The number of aliphatic hydroxyl groups excluding tert-OH is 11. The molecule has 23 heteroatoms. The van der Waals surface area contributed by atoms with Crippen molar-refractivity contribution in [3.05, 3.63) is 82.5 Å². The van der Waals surface area contributed by atoms with Gasteiger partial charge in [0.1, 0.15) is 114 Å². The van der Waals surface area contributed by atoms with Gasteiger partial charge in [0.2, 0.25) is 30.0 Å². The Labute approximate surface area is 365 Å². The van der Waals surface area contributed by atoms with Gasteiger partial charge in [0.05, 0.1) is 13.2 Å². The first-order chi connectivity index (χ1) is 31.0. The van der Waals surface area contributed by atoms with Crippen molar-refractivity contribution < 1.29 is 109 Å². The van der Waals surface area contributed by atoms with Crippen LogP contribution < -0.4 is 19.6 Å². The third-order valence-corrected chi connectivity index (χ3v) is 10.8. The lowest BCUT2D eigenvalue weighted by Crippen LogP contribution is -2.60. The zero-order valence-corrected chi connectivity index (χ0v) is 33.6. The van der Waals surface area contributed by atoms with E-state index < -0.39 is 146 Å². The minimum atomic E-state index is -2.03. The Balaban J connectivity index is 1.04. The monoisotopic (exact) mass is 918 g/mol. The minimum Gasteiger partial charge on any atom is -0.508 e. The van der Waals surface area contributed by atoms with Gasteiger partial charge in [0.25, 0.3) is 0 Å². The van der Waals surface area contributed by atoms with Crippen molar-refractivity contribution in [2.45, 2.75) is 92.1 Å². The SMILES string of the molecule is O=C(/C=C/c1ccc(O[C@@H]2OC(CO)[C@H](O)C(O)C2O)cc1)OCC1O[C@@H](Oc2c(-c3ccc(O[C@@H]4OC(CO)[C@H](O)C(O)C4O)cc3)oc3cc(O)cc(O)c3c2=O)C(O)C(O)[C@H]1O. The molecule has 7 rings (SSSR count). The number of aromatic hydroxyl groups is 2. The molecule has 65 heavy (non-hydrogen) atoms. The van der Waals surface area contributed by atoms with E-state index in [2.05, 4.69) is 0 Å². The maximum Gasteiger partial charge on any atom is 0.330 e. The number of benzene rings is 3. The second-order valence-corrected chi connectivity index (χ2v) is 15.2. The highest BCUT2D eigenvalue weighted by molar-refractivity contribution is 5.88. The molecule has 3 aliphatic rings. The second-order valence-electron chi connectivity index (χ2n) is 15.2. The van der Waals surface area contributed by atoms with Crippen molar-refractivity contribution in [3.63, 3.8) is 0 Å². The smallest absolute Gasteiger partial charge is 0.330 e. The molecule has 0 amide bonds. The number of ether oxygens (including phenoxy) is 7. The molecule has 0 aliphatic carbocycles. The van der Waals surface area contributed by atoms with Gasteiger partial charge < -0.3 is 104 Å². The Bertz CT molecular complexity index is 2350. The molecule has 9 unspecified atom stereocenters. The average Bonchev–Trinajstić information content (AvgIpc) is 3.29. The van der Waals surface area contributed by atoms with Crippen LogP contribution in [-0.4, -0.2) is 184 Å². The highest BCUT2D eigenvalue weighted by Gasteiger charge is 2.48. The first-order valence-electron chi connectivity index (χ1n) is 19.9. The van der Waals surface area contributed by atoms with Crippen LogP contribution >= 0.6 is 0 Å². The fourth-order valence-corrected chi connectivity index (χ4v) is 7.15. The number of hydrogen-bond donors (Lipinski definition) is 13. The second kappa shape index (κ2) is 19.9. The van der Waals surface area contributed by atoms with Crippen LogP contribution in [0.15, 0.2) is 76.0 Å². The molecule has 4 heterocycles. The molecule has 3 aromatic carbocycles. The Morgan fingerprint density at radius 1 is 0.600 bits per heavy atom. The largest absolute Gasteiger partial charge is 0.508 e. The van der Waals surface area contributed by atoms with Crippen LogP contribution in [0.1, 0.15) is 5.56 Å². The lowest BCUT2D eigenvalue weighted by atomic mass is 9.99. The molecule has 0 saturated carbocycles. The van der Waals surface area contributed by atoms with E-state index in [0.29, 0.717) is 5.56 Å². The number of carbonyl (C=O) groups is 1. The summed E-state index contributed by atoms with van der Waals surface area (Å²) in [4.78, 5) is 26.7. The predicted octanol–water partition coefficient (Wildman–Crippen LogP) is -3.33. The van der Waals surface area contributed by atoms with E-state index in [1.807, 2.05) is 0 Å². The van der Waals surface area contributed by atoms with E-state index in [4.69, 9.17) is 37.6 Å². The zero-order valence-electron chi connectivity index (χ0n) is 33.6. The fourth-order valence-electron chi connectivity index (χ4n) is 7.15. The van der Waals surface area contributed by atoms with Crippen molar-refractivity contribution >= 4 is 23.0 Å². The average molecular weight is 919 g/mol. The topological polar surface area (TPSA) is 375 Å². The van der Waals surface area contributed by atoms with Crippen LogP contribution in [0, 0.1) is 0 Å². The van der Waals surface area contributed by atoms with Gasteiger partial charge in [-0.2, -0.15) is 0 Å². The van der Waals surface area contributed by atoms with E-state index in [1.54, 1.807) is 0 Å². The minimum absolute atomic E-state index is 0.0204. The van der Waals surface area contributed by atoms with Gasteiger partial charge in [-0.05, 0) is 48.0 Å². The molecule has 3 saturated heterocycles. The molecule has 15 atom stereocenters. The number of hydrogen-bond acceptors (Lipinski definition) is 23. The molecule has 4 aromatic rings. The maximum absolute atomic E-state index is 14.0. The molecule has 3 fully saturated rings. The summed E-state index contributed by atoms with van der Waals surface area (Å²) in [5, 5.41) is 132.